The standard InChI is InChI=1S/C13H17N5O3/c1-17(12(20)7-18-8-15-13(14)16-18)6-9-3-4-10(19)11(5-9)21-2/h3-5,8,19H,6-7H2,1-2H3,(H2,14,16). The Labute approximate surface area is 121 Å². The Morgan fingerprint density at radius 2 is 2.29 bits per heavy atom. The molecule has 0 atom stereocenters. The smallest absolute Gasteiger partial charge is 0.244 e. The van der Waals surface area contributed by atoms with Crippen LogP contribution in [0.2, 0.25) is 0 Å². The molecule has 0 aliphatic heterocycles. The second-order valence-corrected chi connectivity index (χ2v) is 4.56. The molecule has 3 N–H and O–H groups in total. The van der Waals surface area contributed by atoms with Crippen LogP contribution in [0.15, 0.2) is 24.5 Å². The van der Waals surface area contributed by atoms with Crippen molar-refractivity contribution in [2.45, 2.75) is 13.1 Å². The summed E-state index contributed by atoms with van der Waals surface area (Å²) in [5, 5.41) is 13.4. The molecule has 1 amide bonds. The summed E-state index contributed by atoms with van der Waals surface area (Å²) in [4.78, 5) is 17.4. The van der Waals surface area contributed by atoms with Gasteiger partial charge in [-0.2, -0.15) is 0 Å². The molecule has 0 bridgehead atoms. The van der Waals surface area contributed by atoms with Crippen molar-refractivity contribution < 1.29 is 14.6 Å². The Morgan fingerprint density at radius 3 is 2.90 bits per heavy atom. The number of rotatable bonds is 5. The van der Waals surface area contributed by atoms with Crippen molar-refractivity contribution in [3.63, 3.8) is 0 Å². The van der Waals surface area contributed by atoms with Gasteiger partial charge in [-0.15, -0.1) is 5.10 Å². The lowest BCUT2D eigenvalue weighted by Gasteiger charge is -2.17. The third-order valence-electron chi connectivity index (χ3n) is 2.94. The van der Waals surface area contributed by atoms with Gasteiger partial charge < -0.3 is 20.5 Å². The van der Waals surface area contributed by atoms with E-state index in [2.05, 4.69) is 10.1 Å². The number of phenolic OH excluding ortho intramolecular Hbond substituents is 1. The number of aromatic nitrogens is 3. The van der Waals surface area contributed by atoms with Crippen molar-refractivity contribution in [3.8, 4) is 11.5 Å². The highest BCUT2D eigenvalue weighted by molar-refractivity contribution is 5.75. The lowest BCUT2D eigenvalue weighted by Crippen LogP contribution is -2.30. The zero-order chi connectivity index (χ0) is 15.4. The lowest BCUT2D eigenvalue weighted by atomic mass is 10.2. The Bertz CT molecular complexity index is 640. The zero-order valence-corrected chi connectivity index (χ0v) is 11.9. The van der Waals surface area contributed by atoms with Gasteiger partial charge in [0.05, 0.1) is 7.11 Å². The number of aromatic hydroxyl groups is 1. The van der Waals surface area contributed by atoms with Crippen molar-refractivity contribution in [1.82, 2.24) is 19.7 Å². The molecule has 2 rings (SSSR count). The van der Waals surface area contributed by atoms with Crippen molar-refractivity contribution in [2.75, 3.05) is 19.9 Å². The molecule has 0 saturated carbocycles. The van der Waals surface area contributed by atoms with Crippen LogP contribution in [-0.4, -0.2) is 44.8 Å². The van der Waals surface area contributed by atoms with Crippen molar-refractivity contribution in [1.29, 1.82) is 0 Å². The van der Waals surface area contributed by atoms with Gasteiger partial charge in [0.1, 0.15) is 12.9 Å². The molecule has 112 valence electrons. The molecule has 0 aliphatic rings. The fourth-order valence-electron chi connectivity index (χ4n) is 1.83. The summed E-state index contributed by atoms with van der Waals surface area (Å²) in [6.07, 6.45) is 1.41. The first-order valence-corrected chi connectivity index (χ1v) is 6.24. The SMILES string of the molecule is COc1cc(CN(C)C(=O)Cn2cnc(N)n2)ccc1O. The monoisotopic (exact) mass is 291 g/mol. The van der Waals surface area contributed by atoms with Crippen LogP contribution in [0, 0.1) is 0 Å². The van der Waals surface area contributed by atoms with E-state index in [9.17, 15) is 9.90 Å². The maximum absolute atomic E-state index is 12.1. The van der Waals surface area contributed by atoms with Crippen LogP contribution in [0.3, 0.4) is 0 Å². The number of hydrogen-bond donors (Lipinski definition) is 2. The Morgan fingerprint density at radius 1 is 1.52 bits per heavy atom. The average molecular weight is 291 g/mol. The number of ether oxygens (including phenoxy) is 1. The minimum absolute atomic E-state index is 0.0633. The molecule has 1 aromatic heterocycles. The molecule has 21 heavy (non-hydrogen) atoms. The van der Waals surface area contributed by atoms with Crippen molar-refractivity contribution in [3.05, 3.63) is 30.1 Å². The van der Waals surface area contributed by atoms with E-state index in [4.69, 9.17) is 10.5 Å². The second kappa shape index (κ2) is 6.12. The third-order valence-corrected chi connectivity index (χ3v) is 2.94. The van der Waals surface area contributed by atoms with Crippen LogP contribution in [0.25, 0.3) is 0 Å². The lowest BCUT2D eigenvalue weighted by molar-refractivity contribution is -0.131. The summed E-state index contributed by atoms with van der Waals surface area (Å²) in [6.45, 7) is 0.454. The van der Waals surface area contributed by atoms with Gasteiger partial charge in [0.2, 0.25) is 11.9 Å². The maximum Gasteiger partial charge on any atom is 0.244 e. The Hall–Kier alpha value is -2.77. The summed E-state index contributed by atoms with van der Waals surface area (Å²) < 4.78 is 6.42. The van der Waals surface area contributed by atoms with Gasteiger partial charge in [0, 0.05) is 13.6 Å². The highest BCUT2D eigenvalue weighted by Crippen LogP contribution is 2.26. The van der Waals surface area contributed by atoms with Gasteiger partial charge in [-0.05, 0) is 17.7 Å². The minimum atomic E-state index is -0.132. The normalized spacial score (nSPS) is 10.4. The predicted molar refractivity (Wildman–Crippen MR) is 75.6 cm³/mol. The van der Waals surface area contributed by atoms with Gasteiger partial charge in [-0.25, -0.2) is 9.67 Å². The van der Waals surface area contributed by atoms with Gasteiger partial charge in [-0.3, -0.25) is 4.79 Å². The van der Waals surface area contributed by atoms with E-state index in [0.29, 0.717) is 12.3 Å². The van der Waals surface area contributed by atoms with E-state index in [-0.39, 0.29) is 24.1 Å². The number of nitrogen functional groups attached to an aromatic ring is 1. The first-order chi connectivity index (χ1) is 9.99. The number of nitrogens with two attached hydrogens (primary N) is 1. The summed E-state index contributed by atoms with van der Waals surface area (Å²) >= 11 is 0. The fourth-order valence-corrected chi connectivity index (χ4v) is 1.83. The molecule has 0 saturated heterocycles. The highest BCUT2D eigenvalue weighted by atomic mass is 16.5. The molecular formula is C13H17N5O3. The molecular weight excluding hydrogens is 274 g/mol. The van der Waals surface area contributed by atoms with Crippen molar-refractivity contribution >= 4 is 11.9 Å². The second-order valence-electron chi connectivity index (χ2n) is 4.56. The number of carbonyl (C=O) groups is 1. The topological polar surface area (TPSA) is 106 Å². The summed E-state index contributed by atoms with van der Waals surface area (Å²) in [7, 11) is 3.16. The molecule has 2 aromatic rings. The average Bonchev–Trinajstić information content (AvgIpc) is 2.86. The number of methoxy groups -OCH3 is 1. The summed E-state index contributed by atoms with van der Waals surface area (Å²) in [6, 6.07) is 4.95. The third kappa shape index (κ3) is 3.62. The molecule has 1 aromatic carbocycles. The van der Waals surface area contributed by atoms with Crippen LogP contribution in [0.1, 0.15) is 5.56 Å². The summed E-state index contributed by atoms with van der Waals surface area (Å²) in [5.41, 5.74) is 6.24. The van der Waals surface area contributed by atoms with Gasteiger partial charge in [-0.1, -0.05) is 6.07 Å². The zero-order valence-electron chi connectivity index (χ0n) is 11.9. The summed E-state index contributed by atoms with van der Waals surface area (Å²) in [5.74, 6) is 0.436. The molecule has 1 heterocycles. The van der Waals surface area contributed by atoms with Crippen LogP contribution in [0.5, 0.6) is 11.5 Å². The first kappa shape index (κ1) is 14.6. The van der Waals surface area contributed by atoms with Crippen molar-refractivity contribution in [2.24, 2.45) is 0 Å². The molecule has 8 heteroatoms. The van der Waals surface area contributed by atoms with Crippen LogP contribution >= 0.6 is 0 Å². The molecule has 8 nitrogen and oxygen atoms in total. The number of amides is 1. The number of likely N-dealkylation sites (N-methyl/N-ethyl adjacent to an activating group) is 1. The number of carbonyl (C=O) groups excluding carboxylic acids is 1. The van der Waals surface area contributed by atoms with E-state index >= 15 is 0 Å². The quantitative estimate of drug-likeness (QED) is 0.817. The van der Waals surface area contributed by atoms with E-state index in [1.54, 1.807) is 24.1 Å². The highest BCUT2D eigenvalue weighted by Gasteiger charge is 2.12. The van der Waals surface area contributed by atoms with Crippen LogP contribution in [0.4, 0.5) is 5.95 Å². The maximum atomic E-state index is 12.1. The minimum Gasteiger partial charge on any atom is -0.504 e. The Kier molecular flexibility index (Phi) is 4.27. The first-order valence-electron chi connectivity index (χ1n) is 6.24. The number of benzene rings is 1. The van der Waals surface area contributed by atoms with Crippen LogP contribution in [-0.2, 0) is 17.9 Å². The van der Waals surface area contributed by atoms with E-state index in [1.807, 2.05) is 0 Å². The van der Waals surface area contributed by atoms with Gasteiger partial charge in [0.15, 0.2) is 11.5 Å². The predicted octanol–water partition coefficient (Wildman–Crippen LogP) is 0.233. The van der Waals surface area contributed by atoms with E-state index in [1.165, 1.54) is 24.2 Å². The molecule has 0 fully saturated rings. The number of hydrogen-bond acceptors (Lipinski definition) is 6. The number of phenols is 1. The molecule has 0 spiro atoms. The number of anilines is 1. The molecule has 0 aliphatic carbocycles. The fraction of sp³-hybridized carbons (Fsp3) is 0.308. The molecule has 0 unspecified atom stereocenters. The van der Waals surface area contributed by atoms with E-state index in [0.717, 1.165) is 5.56 Å². The number of nitrogens with zero attached hydrogens (tertiary/aromatic N) is 4. The Balaban J connectivity index is 2.00. The van der Waals surface area contributed by atoms with Gasteiger partial charge >= 0.3 is 0 Å². The van der Waals surface area contributed by atoms with E-state index < -0.39 is 0 Å². The molecule has 0 radical (unpaired) electrons. The van der Waals surface area contributed by atoms with Gasteiger partial charge in [0.25, 0.3) is 0 Å². The van der Waals surface area contributed by atoms with Crippen LogP contribution < -0.4 is 10.5 Å². The largest absolute Gasteiger partial charge is 0.504 e.